The molecule has 3 rings (SSSR count). The Kier molecular flexibility index (Phi) is 7.03. The molecule has 0 radical (unpaired) electrons. The van der Waals surface area contributed by atoms with Crippen LogP contribution in [0.5, 0.6) is 0 Å². The Balaban J connectivity index is 1.46. The van der Waals surface area contributed by atoms with Gasteiger partial charge in [0.05, 0.1) is 0 Å². The lowest BCUT2D eigenvalue weighted by atomic mass is 9.92. The van der Waals surface area contributed by atoms with E-state index in [0.717, 1.165) is 37.4 Å². The summed E-state index contributed by atoms with van der Waals surface area (Å²) in [6.45, 7) is 3.08. The first-order valence-corrected chi connectivity index (χ1v) is 10.2. The number of carbonyl (C=O) groups excluding carboxylic acids is 2. The molecule has 0 atom stereocenters. The van der Waals surface area contributed by atoms with Crippen molar-refractivity contribution in [2.45, 2.75) is 51.5 Å². The van der Waals surface area contributed by atoms with Crippen LogP contribution in [0, 0.1) is 5.92 Å². The molecule has 152 valence electrons. The maximum absolute atomic E-state index is 12.5. The molecule has 0 unspecified atom stereocenters. The molecular weight excluding hydrogens is 358 g/mol. The van der Waals surface area contributed by atoms with E-state index in [4.69, 9.17) is 5.11 Å². The SMILES string of the molecule is O=C(O)CCCN1Cc2ccc(NC(=O)CCCC3CCNCC3)cc2C1=O. The quantitative estimate of drug-likeness (QED) is 0.605. The van der Waals surface area contributed by atoms with Gasteiger partial charge in [-0.05, 0) is 68.8 Å². The number of rotatable bonds is 9. The van der Waals surface area contributed by atoms with Gasteiger partial charge in [0.2, 0.25) is 5.91 Å². The van der Waals surface area contributed by atoms with Crippen LogP contribution >= 0.6 is 0 Å². The topological polar surface area (TPSA) is 98.7 Å². The molecule has 0 aromatic heterocycles. The van der Waals surface area contributed by atoms with Gasteiger partial charge in [-0.15, -0.1) is 0 Å². The van der Waals surface area contributed by atoms with Crippen LogP contribution in [0.25, 0.3) is 0 Å². The maximum atomic E-state index is 12.5. The summed E-state index contributed by atoms with van der Waals surface area (Å²) in [5.41, 5.74) is 2.17. The zero-order valence-corrected chi connectivity index (χ0v) is 16.2. The third-order valence-corrected chi connectivity index (χ3v) is 5.57. The van der Waals surface area contributed by atoms with Crippen molar-refractivity contribution in [1.82, 2.24) is 10.2 Å². The van der Waals surface area contributed by atoms with Crippen molar-refractivity contribution in [2.75, 3.05) is 25.0 Å². The highest BCUT2D eigenvalue weighted by atomic mass is 16.4. The number of piperidine rings is 1. The largest absolute Gasteiger partial charge is 0.481 e. The molecule has 0 spiro atoms. The fourth-order valence-electron chi connectivity index (χ4n) is 3.99. The molecule has 0 bridgehead atoms. The first-order valence-electron chi connectivity index (χ1n) is 10.2. The van der Waals surface area contributed by atoms with Gasteiger partial charge in [-0.3, -0.25) is 14.4 Å². The highest BCUT2D eigenvalue weighted by molar-refractivity contribution is 6.00. The van der Waals surface area contributed by atoms with Crippen molar-refractivity contribution >= 4 is 23.5 Å². The molecule has 2 aliphatic rings. The molecule has 1 aromatic carbocycles. The highest BCUT2D eigenvalue weighted by Gasteiger charge is 2.27. The molecular formula is C21H29N3O4. The molecule has 3 N–H and O–H groups in total. The number of hydrogen-bond acceptors (Lipinski definition) is 4. The average molecular weight is 387 g/mol. The molecule has 28 heavy (non-hydrogen) atoms. The summed E-state index contributed by atoms with van der Waals surface area (Å²) in [6.07, 6.45) is 5.35. The molecule has 1 fully saturated rings. The van der Waals surface area contributed by atoms with E-state index in [9.17, 15) is 14.4 Å². The van der Waals surface area contributed by atoms with Crippen molar-refractivity contribution in [1.29, 1.82) is 0 Å². The van der Waals surface area contributed by atoms with Crippen molar-refractivity contribution in [3.63, 3.8) is 0 Å². The van der Waals surface area contributed by atoms with Crippen molar-refractivity contribution in [3.05, 3.63) is 29.3 Å². The molecule has 2 amide bonds. The Bertz CT molecular complexity index is 728. The van der Waals surface area contributed by atoms with Crippen LogP contribution in [0.2, 0.25) is 0 Å². The summed E-state index contributed by atoms with van der Waals surface area (Å²) in [7, 11) is 0. The number of carbonyl (C=O) groups is 3. The Labute approximate surface area is 165 Å². The van der Waals surface area contributed by atoms with E-state index >= 15 is 0 Å². The Hall–Kier alpha value is -2.41. The van der Waals surface area contributed by atoms with Crippen molar-refractivity contribution in [3.8, 4) is 0 Å². The molecule has 0 aliphatic carbocycles. The van der Waals surface area contributed by atoms with Crippen LogP contribution < -0.4 is 10.6 Å². The van der Waals surface area contributed by atoms with E-state index in [-0.39, 0.29) is 18.2 Å². The van der Waals surface area contributed by atoms with Gasteiger partial charge < -0.3 is 20.6 Å². The molecule has 7 heteroatoms. The third-order valence-electron chi connectivity index (χ3n) is 5.57. The number of hydrogen-bond donors (Lipinski definition) is 3. The second-order valence-corrected chi connectivity index (χ2v) is 7.73. The highest BCUT2D eigenvalue weighted by Crippen LogP contribution is 2.26. The average Bonchev–Trinajstić information content (AvgIpc) is 2.98. The third kappa shape index (κ3) is 5.55. The first kappa shape index (κ1) is 20.3. The molecule has 0 saturated carbocycles. The fourth-order valence-corrected chi connectivity index (χ4v) is 3.99. The fraction of sp³-hybridized carbons (Fsp3) is 0.571. The van der Waals surface area contributed by atoms with Gasteiger partial charge in [0.25, 0.3) is 5.91 Å². The summed E-state index contributed by atoms with van der Waals surface area (Å²) in [6, 6.07) is 5.44. The second-order valence-electron chi connectivity index (χ2n) is 7.73. The summed E-state index contributed by atoms with van der Waals surface area (Å²) >= 11 is 0. The minimum absolute atomic E-state index is 0.0161. The molecule has 1 aromatic rings. The maximum Gasteiger partial charge on any atom is 0.303 e. The van der Waals surface area contributed by atoms with Gasteiger partial charge in [-0.25, -0.2) is 0 Å². The molecule has 2 heterocycles. The standard InChI is InChI=1S/C21H29N3O4/c25-19(4-1-3-15-8-10-22-11-9-15)23-17-7-6-16-14-24(12-2-5-20(26)27)21(28)18(16)13-17/h6-7,13,15,22H,1-5,8-12,14H2,(H,23,25)(H,26,27). The lowest BCUT2D eigenvalue weighted by Gasteiger charge is -2.22. The molecule has 2 aliphatic heterocycles. The van der Waals surface area contributed by atoms with E-state index in [1.807, 2.05) is 12.1 Å². The monoisotopic (exact) mass is 387 g/mol. The van der Waals surface area contributed by atoms with Crippen LogP contribution in [0.4, 0.5) is 5.69 Å². The van der Waals surface area contributed by atoms with Crippen LogP contribution in [0.15, 0.2) is 18.2 Å². The number of aliphatic carboxylic acids is 1. The van der Waals surface area contributed by atoms with Gasteiger partial charge in [0.15, 0.2) is 0 Å². The van der Waals surface area contributed by atoms with Crippen LogP contribution in [-0.2, 0) is 16.1 Å². The number of carboxylic acid groups (broad SMARTS) is 1. The number of fused-ring (bicyclic) bond motifs is 1. The Morgan fingerprint density at radius 3 is 2.71 bits per heavy atom. The zero-order valence-electron chi connectivity index (χ0n) is 16.2. The number of carboxylic acids is 1. The van der Waals surface area contributed by atoms with E-state index < -0.39 is 5.97 Å². The minimum Gasteiger partial charge on any atom is -0.481 e. The van der Waals surface area contributed by atoms with Gasteiger partial charge in [0, 0.05) is 37.2 Å². The number of nitrogens with zero attached hydrogens (tertiary/aromatic N) is 1. The molecule has 7 nitrogen and oxygen atoms in total. The van der Waals surface area contributed by atoms with Gasteiger partial charge in [-0.2, -0.15) is 0 Å². The van der Waals surface area contributed by atoms with Crippen molar-refractivity contribution < 1.29 is 19.5 Å². The number of amides is 2. The lowest BCUT2D eigenvalue weighted by molar-refractivity contribution is -0.137. The predicted octanol–water partition coefficient (Wildman–Crippen LogP) is 2.62. The number of benzene rings is 1. The summed E-state index contributed by atoms with van der Waals surface area (Å²) in [5, 5.41) is 15.0. The van der Waals surface area contributed by atoms with Crippen LogP contribution in [0.1, 0.15) is 60.9 Å². The van der Waals surface area contributed by atoms with Crippen LogP contribution in [0.3, 0.4) is 0 Å². The van der Waals surface area contributed by atoms with Gasteiger partial charge in [-0.1, -0.05) is 6.07 Å². The summed E-state index contributed by atoms with van der Waals surface area (Å²) in [5.74, 6) is -0.242. The van der Waals surface area contributed by atoms with Gasteiger partial charge in [0.1, 0.15) is 0 Å². The summed E-state index contributed by atoms with van der Waals surface area (Å²) in [4.78, 5) is 37.1. The van der Waals surface area contributed by atoms with E-state index in [1.54, 1.807) is 11.0 Å². The van der Waals surface area contributed by atoms with Gasteiger partial charge >= 0.3 is 5.97 Å². The summed E-state index contributed by atoms with van der Waals surface area (Å²) < 4.78 is 0. The van der Waals surface area contributed by atoms with Crippen LogP contribution in [-0.4, -0.2) is 47.4 Å². The molecule has 1 saturated heterocycles. The Morgan fingerprint density at radius 2 is 1.96 bits per heavy atom. The second kappa shape index (κ2) is 9.68. The van der Waals surface area contributed by atoms with E-state index in [1.165, 1.54) is 12.8 Å². The normalized spacial score (nSPS) is 16.9. The Morgan fingerprint density at radius 1 is 1.18 bits per heavy atom. The van der Waals surface area contributed by atoms with E-state index in [0.29, 0.717) is 37.2 Å². The smallest absolute Gasteiger partial charge is 0.303 e. The predicted molar refractivity (Wildman–Crippen MR) is 106 cm³/mol. The zero-order chi connectivity index (χ0) is 19.9. The first-order chi connectivity index (χ1) is 13.5. The van der Waals surface area contributed by atoms with Crippen molar-refractivity contribution in [2.24, 2.45) is 5.92 Å². The lowest BCUT2D eigenvalue weighted by Crippen LogP contribution is -2.27. The minimum atomic E-state index is -0.852. The number of anilines is 1. The number of nitrogens with one attached hydrogen (secondary N) is 2. The van der Waals surface area contributed by atoms with E-state index in [2.05, 4.69) is 10.6 Å².